The molecule has 0 amide bonds. The van der Waals surface area contributed by atoms with Crippen molar-refractivity contribution < 1.29 is 0 Å². The maximum absolute atomic E-state index is 4.70. The molecule has 0 bridgehead atoms. The fraction of sp³-hybridized carbons (Fsp3) is 0.727. The van der Waals surface area contributed by atoms with E-state index < -0.39 is 0 Å². The Morgan fingerprint density at radius 2 is 2.44 bits per heavy atom. The fourth-order valence-corrected chi connectivity index (χ4v) is 3.35. The normalized spacial score (nSPS) is 26.7. The summed E-state index contributed by atoms with van der Waals surface area (Å²) in [5.74, 6) is 1.18. The number of fused-ring (bicyclic) bond motifs is 1. The molecule has 3 heterocycles. The SMILES string of the molecule is CN1CCCNC(c2cc3n(n2)CCS3)C1. The van der Waals surface area contributed by atoms with Gasteiger partial charge in [-0.1, -0.05) is 0 Å². The minimum atomic E-state index is 0.409. The van der Waals surface area contributed by atoms with Gasteiger partial charge in [0.25, 0.3) is 0 Å². The summed E-state index contributed by atoms with van der Waals surface area (Å²) in [5, 5.41) is 9.62. The molecule has 1 aromatic heterocycles. The Morgan fingerprint density at radius 3 is 3.31 bits per heavy atom. The standard InChI is InChI=1S/C11H18N4S/c1-14-4-2-3-12-10(8-14)9-7-11-15(13-9)5-6-16-11/h7,10,12H,2-6,8H2,1H3. The zero-order valence-electron chi connectivity index (χ0n) is 9.65. The van der Waals surface area contributed by atoms with Crippen LogP contribution in [0.2, 0.25) is 0 Å². The zero-order chi connectivity index (χ0) is 11.0. The van der Waals surface area contributed by atoms with Crippen molar-refractivity contribution in [3.8, 4) is 0 Å². The Kier molecular flexibility index (Phi) is 2.91. The second kappa shape index (κ2) is 4.39. The molecule has 1 fully saturated rings. The lowest BCUT2D eigenvalue weighted by Gasteiger charge is -2.18. The van der Waals surface area contributed by atoms with E-state index in [0.29, 0.717) is 6.04 Å². The molecule has 1 aromatic rings. The van der Waals surface area contributed by atoms with Crippen molar-refractivity contribution in [2.45, 2.75) is 24.0 Å². The number of nitrogens with one attached hydrogen (secondary N) is 1. The number of likely N-dealkylation sites (N-methyl/N-ethyl adjacent to an activating group) is 1. The molecule has 0 aliphatic carbocycles. The van der Waals surface area contributed by atoms with Crippen molar-refractivity contribution in [2.75, 3.05) is 32.4 Å². The number of thioether (sulfide) groups is 1. The first kappa shape index (κ1) is 10.6. The Hall–Kier alpha value is -0.520. The first-order valence-electron chi connectivity index (χ1n) is 5.95. The van der Waals surface area contributed by atoms with Gasteiger partial charge in [-0.25, -0.2) is 0 Å². The second-order valence-electron chi connectivity index (χ2n) is 4.60. The zero-order valence-corrected chi connectivity index (χ0v) is 10.5. The number of nitrogens with zero attached hydrogens (tertiary/aromatic N) is 3. The van der Waals surface area contributed by atoms with Crippen LogP contribution in [0, 0.1) is 0 Å². The summed E-state index contributed by atoms with van der Waals surface area (Å²) in [4.78, 5) is 2.39. The maximum atomic E-state index is 4.70. The third-order valence-corrected chi connectivity index (χ3v) is 4.28. The summed E-state index contributed by atoms with van der Waals surface area (Å²) in [6.07, 6.45) is 1.23. The second-order valence-corrected chi connectivity index (χ2v) is 5.72. The van der Waals surface area contributed by atoms with Gasteiger partial charge in [0.2, 0.25) is 0 Å². The summed E-state index contributed by atoms with van der Waals surface area (Å²) in [6, 6.07) is 2.67. The highest BCUT2D eigenvalue weighted by atomic mass is 32.2. The molecule has 0 aromatic carbocycles. The largest absolute Gasteiger partial charge is 0.307 e. The minimum Gasteiger partial charge on any atom is -0.307 e. The highest BCUT2D eigenvalue weighted by Crippen LogP contribution is 2.28. The lowest BCUT2D eigenvalue weighted by molar-refractivity contribution is 0.323. The Balaban J connectivity index is 1.79. The third-order valence-electron chi connectivity index (χ3n) is 3.27. The number of aromatic nitrogens is 2. The van der Waals surface area contributed by atoms with Crippen LogP contribution in [-0.4, -0.2) is 47.1 Å². The molecule has 16 heavy (non-hydrogen) atoms. The molecule has 4 nitrogen and oxygen atoms in total. The Bertz CT molecular complexity index is 355. The number of hydrogen-bond acceptors (Lipinski definition) is 4. The summed E-state index contributed by atoms with van der Waals surface area (Å²) < 4.78 is 2.15. The van der Waals surface area contributed by atoms with Crippen LogP contribution < -0.4 is 5.32 Å². The van der Waals surface area contributed by atoms with Gasteiger partial charge in [-0.15, -0.1) is 11.8 Å². The average molecular weight is 238 g/mol. The van der Waals surface area contributed by atoms with Crippen LogP contribution in [0.1, 0.15) is 18.2 Å². The Morgan fingerprint density at radius 1 is 1.50 bits per heavy atom. The van der Waals surface area contributed by atoms with Crippen molar-refractivity contribution in [2.24, 2.45) is 0 Å². The van der Waals surface area contributed by atoms with E-state index in [2.05, 4.69) is 28.0 Å². The summed E-state index contributed by atoms with van der Waals surface area (Å²) >= 11 is 1.92. The first-order valence-corrected chi connectivity index (χ1v) is 6.94. The van der Waals surface area contributed by atoms with E-state index in [4.69, 9.17) is 5.10 Å². The number of rotatable bonds is 1. The van der Waals surface area contributed by atoms with Gasteiger partial charge >= 0.3 is 0 Å². The van der Waals surface area contributed by atoms with Crippen LogP contribution in [0.25, 0.3) is 0 Å². The maximum Gasteiger partial charge on any atom is 0.0944 e. The summed E-state index contributed by atoms with van der Waals surface area (Å²) in [7, 11) is 2.19. The van der Waals surface area contributed by atoms with Crippen LogP contribution in [0.15, 0.2) is 11.1 Å². The number of hydrogen-bond donors (Lipinski definition) is 1. The number of aryl methyl sites for hydroxylation is 1. The van der Waals surface area contributed by atoms with Gasteiger partial charge in [0.05, 0.1) is 23.3 Å². The monoisotopic (exact) mass is 238 g/mol. The highest BCUT2D eigenvalue weighted by Gasteiger charge is 2.22. The van der Waals surface area contributed by atoms with Gasteiger partial charge in [-0.05, 0) is 32.6 Å². The van der Waals surface area contributed by atoms with Crippen molar-refractivity contribution in [1.82, 2.24) is 20.0 Å². The van der Waals surface area contributed by atoms with E-state index in [9.17, 15) is 0 Å². The molecule has 1 atom stereocenters. The molecule has 2 aliphatic rings. The quantitative estimate of drug-likeness (QED) is 0.790. The van der Waals surface area contributed by atoms with Crippen LogP contribution in [0.3, 0.4) is 0 Å². The van der Waals surface area contributed by atoms with Gasteiger partial charge in [0, 0.05) is 12.3 Å². The molecule has 88 valence electrons. The van der Waals surface area contributed by atoms with Gasteiger partial charge in [-0.3, -0.25) is 4.68 Å². The highest BCUT2D eigenvalue weighted by molar-refractivity contribution is 7.99. The molecular formula is C11H18N4S. The van der Waals surface area contributed by atoms with Crippen LogP contribution in [0.5, 0.6) is 0 Å². The predicted octanol–water partition coefficient (Wildman–Crippen LogP) is 0.955. The topological polar surface area (TPSA) is 33.1 Å². The van der Waals surface area contributed by atoms with E-state index in [-0.39, 0.29) is 0 Å². The molecule has 2 aliphatic heterocycles. The van der Waals surface area contributed by atoms with Crippen molar-refractivity contribution in [3.63, 3.8) is 0 Å². The van der Waals surface area contributed by atoms with Gasteiger partial charge in [0.1, 0.15) is 0 Å². The van der Waals surface area contributed by atoms with Gasteiger partial charge in [0.15, 0.2) is 0 Å². The fourth-order valence-electron chi connectivity index (χ4n) is 2.39. The van der Waals surface area contributed by atoms with Crippen LogP contribution >= 0.6 is 11.8 Å². The van der Waals surface area contributed by atoms with Gasteiger partial charge in [-0.2, -0.15) is 5.10 Å². The molecule has 1 N–H and O–H groups in total. The lowest BCUT2D eigenvalue weighted by atomic mass is 10.2. The summed E-state index contributed by atoms with van der Waals surface area (Å²) in [6.45, 7) is 4.43. The first-order chi connectivity index (χ1) is 7.83. The average Bonchev–Trinajstić information content (AvgIpc) is 2.76. The molecule has 0 saturated carbocycles. The third kappa shape index (κ3) is 1.99. The van der Waals surface area contributed by atoms with Crippen molar-refractivity contribution >= 4 is 11.8 Å². The molecule has 1 unspecified atom stereocenters. The van der Waals surface area contributed by atoms with E-state index in [1.165, 1.54) is 29.4 Å². The van der Waals surface area contributed by atoms with E-state index in [1.54, 1.807) is 0 Å². The molecular weight excluding hydrogens is 220 g/mol. The Labute approximate surface area is 100 Å². The van der Waals surface area contributed by atoms with E-state index >= 15 is 0 Å². The lowest BCUT2D eigenvalue weighted by Crippen LogP contribution is -2.29. The molecule has 5 heteroatoms. The summed E-state index contributed by atoms with van der Waals surface area (Å²) in [5.41, 5.74) is 1.22. The molecule has 0 radical (unpaired) electrons. The molecule has 1 saturated heterocycles. The van der Waals surface area contributed by atoms with Crippen LogP contribution in [-0.2, 0) is 6.54 Å². The smallest absolute Gasteiger partial charge is 0.0944 e. The minimum absolute atomic E-state index is 0.409. The van der Waals surface area contributed by atoms with Gasteiger partial charge < -0.3 is 10.2 Å². The van der Waals surface area contributed by atoms with E-state index in [1.807, 2.05) is 11.8 Å². The molecule has 3 rings (SSSR count). The van der Waals surface area contributed by atoms with Crippen molar-refractivity contribution in [3.05, 3.63) is 11.8 Å². The van der Waals surface area contributed by atoms with E-state index in [0.717, 1.165) is 19.6 Å². The predicted molar refractivity (Wildman–Crippen MR) is 65.8 cm³/mol. The molecule has 0 spiro atoms. The van der Waals surface area contributed by atoms with Crippen LogP contribution in [0.4, 0.5) is 0 Å². The van der Waals surface area contributed by atoms with Crippen molar-refractivity contribution in [1.29, 1.82) is 0 Å².